The Morgan fingerprint density at radius 1 is 1.24 bits per heavy atom. The lowest BCUT2D eigenvalue weighted by molar-refractivity contribution is 0.162. The van der Waals surface area contributed by atoms with Crippen molar-refractivity contribution < 1.29 is 15.3 Å². The molecule has 1 atom stereocenters. The number of rotatable bonds is 3. The van der Waals surface area contributed by atoms with Crippen molar-refractivity contribution in [3.8, 4) is 11.5 Å². The first-order valence-corrected chi connectivity index (χ1v) is 6.43. The summed E-state index contributed by atoms with van der Waals surface area (Å²) in [6.45, 7) is 6.37. The Morgan fingerprint density at radius 2 is 1.71 bits per heavy atom. The van der Waals surface area contributed by atoms with Gasteiger partial charge in [-0.25, -0.2) is 0 Å². The van der Waals surface area contributed by atoms with Gasteiger partial charge in [-0.1, -0.05) is 0 Å². The molecular formula is C12H18INO3. The predicted molar refractivity (Wildman–Crippen MR) is 75.2 cm³/mol. The lowest BCUT2D eigenvalue weighted by atomic mass is 10.1. The second-order valence-electron chi connectivity index (χ2n) is 5.02. The van der Waals surface area contributed by atoms with Crippen molar-refractivity contribution >= 4 is 22.6 Å². The molecule has 4 nitrogen and oxygen atoms in total. The molecule has 0 radical (unpaired) electrons. The Kier molecular flexibility index (Phi) is 4.62. The maximum Gasteiger partial charge on any atom is 0.133 e. The number of benzene rings is 1. The van der Waals surface area contributed by atoms with Gasteiger partial charge in [0.15, 0.2) is 0 Å². The molecule has 17 heavy (non-hydrogen) atoms. The molecule has 0 saturated carbocycles. The largest absolute Gasteiger partial charge is 0.507 e. The molecule has 0 aliphatic heterocycles. The summed E-state index contributed by atoms with van der Waals surface area (Å²) in [5.41, 5.74) is 0.408. The molecule has 0 fully saturated rings. The normalized spacial score (nSPS) is 13.7. The molecule has 0 amide bonds. The fraction of sp³-hybridized carbons (Fsp3) is 0.500. The standard InChI is InChI=1S/C12H18INO3/c1-12(2,3)14-6-10(17)7-4-8(15)11(13)9(16)5-7/h4-5,10,14-17H,6H2,1-3H3/i13-2. The number of halogens is 1. The van der Waals surface area contributed by atoms with Crippen LogP contribution in [-0.2, 0) is 0 Å². The lowest BCUT2D eigenvalue weighted by Gasteiger charge is -2.23. The number of aromatic hydroxyl groups is 2. The van der Waals surface area contributed by atoms with Gasteiger partial charge in [-0.05, 0) is 61.1 Å². The number of β-amino-alcohol motifs (C(OH)–C–C–N with tert-alkyl or cyclic N) is 1. The summed E-state index contributed by atoms with van der Waals surface area (Å²) in [5, 5.41) is 32.2. The molecule has 0 heterocycles. The second-order valence-corrected chi connectivity index (χ2v) is 6.10. The molecular weight excluding hydrogens is 331 g/mol. The summed E-state index contributed by atoms with van der Waals surface area (Å²) in [6, 6.07) is 2.94. The van der Waals surface area contributed by atoms with Crippen molar-refractivity contribution in [3.63, 3.8) is 0 Å². The van der Waals surface area contributed by atoms with Crippen molar-refractivity contribution in [2.45, 2.75) is 32.4 Å². The third-order valence-electron chi connectivity index (χ3n) is 2.27. The Bertz CT molecular complexity index is 378. The minimum absolute atomic E-state index is 0.0181. The minimum atomic E-state index is -0.761. The van der Waals surface area contributed by atoms with E-state index in [2.05, 4.69) is 5.32 Å². The first-order valence-electron chi connectivity index (χ1n) is 5.35. The zero-order valence-electron chi connectivity index (χ0n) is 10.2. The van der Waals surface area contributed by atoms with Crippen LogP contribution in [0.2, 0.25) is 0 Å². The van der Waals surface area contributed by atoms with Crippen LogP contribution in [0.5, 0.6) is 11.5 Å². The zero-order chi connectivity index (χ0) is 13.2. The molecule has 5 heteroatoms. The van der Waals surface area contributed by atoms with E-state index in [1.165, 1.54) is 12.1 Å². The topological polar surface area (TPSA) is 72.7 Å². The van der Waals surface area contributed by atoms with Crippen LogP contribution in [0.4, 0.5) is 0 Å². The highest BCUT2D eigenvalue weighted by molar-refractivity contribution is 14.1. The summed E-state index contributed by atoms with van der Waals surface area (Å²) in [4.78, 5) is 0. The molecule has 4 N–H and O–H groups in total. The van der Waals surface area contributed by atoms with Crippen molar-refractivity contribution in [2.75, 3.05) is 6.54 Å². The third kappa shape index (κ3) is 4.33. The predicted octanol–water partition coefficient (Wildman–Crippen LogP) is 2.12. The molecule has 1 rings (SSSR count). The molecule has 0 aromatic heterocycles. The van der Waals surface area contributed by atoms with E-state index in [9.17, 15) is 15.3 Å². The van der Waals surface area contributed by atoms with Crippen LogP contribution in [0.15, 0.2) is 12.1 Å². The molecule has 0 aliphatic carbocycles. The maximum atomic E-state index is 9.94. The fourth-order valence-electron chi connectivity index (χ4n) is 1.33. The van der Waals surface area contributed by atoms with Crippen molar-refractivity contribution in [3.05, 3.63) is 21.3 Å². The van der Waals surface area contributed by atoms with E-state index in [0.29, 0.717) is 15.7 Å². The van der Waals surface area contributed by atoms with Gasteiger partial charge in [-0.3, -0.25) is 0 Å². The van der Waals surface area contributed by atoms with Gasteiger partial charge in [0.1, 0.15) is 11.5 Å². The van der Waals surface area contributed by atoms with Crippen LogP contribution in [0.25, 0.3) is 0 Å². The summed E-state index contributed by atoms with van der Waals surface area (Å²) in [7, 11) is 0. The van der Waals surface area contributed by atoms with Gasteiger partial charge in [-0.15, -0.1) is 0 Å². The van der Waals surface area contributed by atoms with E-state index < -0.39 is 6.10 Å². The number of phenolic OH excluding ortho intramolecular Hbond substituents is 2. The molecule has 0 saturated heterocycles. The molecule has 1 aromatic carbocycles. The van der Waals surface area contributed by atoms with Crippen LogP contribution < -0.4 is 5.32 Å². The van der Waals surface area contributed by atoms with Crippen LogP contribution in [0.3, 0.4) is 0 Å². The monoisotopic (exact) mass is 349 g/mol. The second kappa shape index (κ2) is 5.41. The summed E-state index contributed by atoms with van der Waals surface area (Å²) >= 11 is 1.85. The number of aliphatic hydroxyl groups excluding tert-OH is 1. The van der Waals surface area contributed by atoms with Gasteiger partial charge in [0.2, 0.25) is 0 Å². The number of nitrogens with one attached hydrogen (secondary N) is 1. The number of phenols is 2. The smallest absolute Gasteiger partial charge is 0.133 e. The molecule has 0 spiro atoms. The van der Waals surface area contributed by atoms with Gasteiger partial charge in [0.05, 0.1) is 9.67 Å². The highest BCUT2D eigenvalue weighted by Crippen LogP contribution is 2.32. The van der Waals surface area contributed by atoms with Crippen LogP contribution >= 0.6 is 22.6 Å². The van der Waals surface area contributed by atoms with E-state index in [1.54, 1.807) is 0 Å². The Labute approximate surface area is 115 Å². The van der Waals surface area contributed by atoms with Gasteiger partial charge < -0.3 is 20.6 Å². The van der Waals surface area contributed by atoms with Gasteiger partial charge >= 0.3 is 0 Å². The fourth-order valence-corrected chi connectivity index (χ4v) is 1.64. The molecule has 1 unspecified atom stereocenters. The van der Waals surface area contributed by atoms with Gasteiger partial charge in [0.25, 0.3) is 0 Å². The highest BCUT2D eigenvalue weighted by Gasteiger charge is 2.16. The Balaban J connectivity index is 2.79. The summed E-state index contributed by atoms with van der Waals surface area (Å²) in [5.74, 6) is -0.0363. The first-order chi connectivity index (χ1) is 7.70. The summed E-state index contributed by atoms with van der Waals surface area (Å²) in [6.07, 6.45) is -0.761. The van der Waals surface area contributed by atoms with E-state index >= 15 is 0 Å². The molecule has 1 aromatic rings. The van der Waals surface area contributed by atoms with Crippen molar-refractivity contribution in [2.24, 2.45) is 0 Å². The number of hydrogen-bond acceptors (Lipinski definition) is 4. The number of hydrogen-bond donors (Lipinski definition) is 4. The number of aliphatic hydroxyl groups is 1. The van der Waals surface area contributed by atoms with E-state index in [0.717, 1.165) is 0 Å². The van der Waals surface area contributed by atoms with Crippen LogP contribution in [0, 0.1) is 3.57 Å². The zero-order valence-corrected chi connectivity index (χ0v) is 12.3. The van der Waals surface area contributed by atoms with Gasteiger partial charge in [-0.2, -0.15) is 0 Å². The van der Waals surface area contributed by atoms with E-state index in [-0.39, 0.29) is 17.0 Å². The quantitative estimate of drug-likeness (QED) is 0.631. The minimum Gasteiger partial charge on any atom is -0.507 e. The molecule has 96 valence electrons. The van der Waals surface area contributed by atoms with E-state index in [1.807, 2.05) is 43.4 Å². The average molecular weight is 349 g/mol. The van der Waals surface area contributed by atoms with Crippen molar-refractivity contribution in [1.82, 2.24) is 5.32 Å². The first kappa shape index (κ1) is 14.5. The SMILES string of the molecule is CC(C)(C)NCC(O)c1cc(O)c([125I])c(O)c1. The molecule has 0 aliphatic rings. The van der Waals surface area contributed by atoms with Crippen LogP contribution in [0.1, 0.15) is 32.4 Å². The summed E-state index contributed by atoms with van der Waals surface area (Å²) < 4.78 is 0.391. The highest BCUT2D eigenvalue weighted by atomic mass is 125. The lowest BCUT2D eigenvalue weighted by Crippen LogP contribution is -2.38. The van der Waals surface area contributed by atoms with E-state index in [4.69, 9.17) is 0 Å². The maximum absolute atomic E-state index is 9.94. The Morgan fingerprint density at radius 3 is 2.12 bits per heavy atom. The average Bonchev–Trinajstić information content (AvgIpc) is 2.20. The van der Waals surface area contributed by atoms with Crippen LogP contribution in [-0.4, -0.2) is 27.4 Å². The molecule has 0 bridgehead atoms. The van der Waals surface area contributed by atoms with Crippen molar-refractivity contribution in [1.29, 1.82) is 0 Å². The third-order valence-corrected chi connectivity index (χ3v) is 3.37. The Hall–Kier alpha value is -0.530. The van der Waals surface area contributed by atoms with Gasteiger partial charge in [0, 0.05) is 12.1 Å².